The van der Waals surface area contributed by atoms with Crippen LogP contribution in [0.25, 0.3) is 0 Å². The summed E-state index contributed by atoms with van der Waals surface area (Å²) in [6.45, 7) is 0. The van der Waals surface area contributed by atoms with Crippen LogP contribution in [0.5, 0.6) is 0 Å². The van der Waals surface area contributed by atoms with Gasteiger partial charge in [0.25, 0.3) is 0 Å². The first-order chi connectivity index (χ1) is 8.66. The van der Waals surface area contributed by atoms with Gasteiger partial charge in [0.1, 0.15) is 0 Å². The standard InChI is InChI=1S/C15H16INO/c16-13-8-6-12(7-9-13)15(17)14(18)10-11-4-2-1-3-5-11/h1-9,14-15,18H,10,17H2/t14-,15+/m1/s1. The highest BCUT2D eigenvalue weighted by Gasteiger charge is 2.16. The zero-order valence-electron chi connectivity index (χ0n) is 9.96. The van der Waals surface area contributed by atoms with Crippen molar-refractivity contribution in [2.24, 2.45) is 5.73 Å². The molecule has 0 aliphatic rings. The number of hydrogen-bond donors (Lipinski definition) is 2. The Morgan fingerprint density at radius 2 is 1.61 bits per heavy atom. The predicted octanol–water partition coefficient (Wildman–Crippen LogP) is 2.89. The molecule has 94 valence electrons. The van der Waals surface area contributed by atoms with Gasteiger partial charge in [-0.2, -0.15) is 0 Å². The van der Waals surface area contributed by atoms with Crippen LogP contribution in [0.15, 0.2) is 54.6 Å². The summed E-state index contributed by atoms with van der Waals surface area (Å²) in [7, 11) is 0. The van der Waals surface area contributed by atoms with Gasteiger partial charge in [0.15, 0.2) is 0 Å². The van der Waals surface area contributed by atoms with E-state index in [0.717, 1.165) is 11.1 Å². The molecule has 18 heavy (non-hydrogen) atoms. The summed E-state index contributed by atoms with van der Waals surface area (Å²) in [5, 5.41) is 10.2. The Bertz CT molecular complexity index is 484. The van der Waals surface area contributed by atoms with Crippen LogP contribution in [-0.4, -0.2) is 11.2 Å². The molecule has 2 atom stereocenters. The quantitative estimate of drug-likeness (QED) is 0.831. The molecule has 0 aromatic heterocycles. The summed E-state index contributed by atoms with van der Waals surface area (Å²) >= 11 is 2.25. The molecule has 3 heteroatoms. The number of rotatable bonds is 4. The van der Waals surface area contributed by atoms with E-state index in [-0.39, 0.29) is 6.04 Å². The summed E-state index contributed by atoms with van der Waals surface area (Å²) in [5.74, 6) is 0. The van der Waals surface area contributed by atoms with Crippen molar-refractivity contribution < 1.29 is 5.11 Å². The van der Waals surface area contributed by atoms with Crippen LogP contribution in [0, 0.1) is 3.57 Å². The summed E-state index contributed by atoms with van der Waals surface area (Å²) in [5.41, 5.74) is 8.16. The molecule has 2 nitrogen and oxygen atoms in total. The number of hydrogen-bond acceptors (Lipinski definition) is 2. The lowest BCUT2D eigenvalue weighted by atomic mass is 9.97. The molecule has 0 amide bonds. The van der Waals surface area contributed by atoms with E-state index in [1.807, 2.05) is 54.6 Å². The Balaban J connectivity index is 2.05. The molecule has 0 fully saturated rings. The fourth-order valence-corrected chi connectivity index (χ4v) is 2.25. The average molecular weight is 353 g/mol. The van der Waals surface area contributed by atoms with Crippen molar-refractivity contribution in [2.75, 3.05) is 0 Å². The normalized spacial score (nSPS) is 14.2. The van der Waals surface area contributed by atoms with E-state index in [2.05, 4.69) is 22.6 Å². The first kappa shape index (κ1) is 13.5. The molecule has 0 saturated carbocycles. The highest BCUT2D eigenvalue weighted by molar-refractivity contribution is 14.1. The molecule has 0 heterocycles. The van der Waals surface area contributed by atoms with Gasteiger partial charge in [0.2, 0.25) is 0 Å². The smallest absolute Gasteiger partial charge is 0.0773 e. The molecule has 0 aliphatic carbocycles. The fourth-order valence-electron chi connectivity index (χ4n) is 1.89. The minimum absolute atomic E-state index is 0.345. The number of halogens is 1. The minimum Gasteiger partial charge on any atom is -0.391 e. The molecule has 0 saturated heterocycles. The van der Waals surface area contributed by atoms with Crippen molar-refractivity contribution in [3.05, 3.63) is 69.3 Å². The predicted molar refractivity (Wildman–Crippen MR) is 82.2 cm³/mol. The van der Waals surface area contributed by atoms with Gasteiger partial charge in [-0.15, -0.1) is 0 Å². The number of nitrogens with two attached hydrogens (primary N) is 1. The Labute approximate surface area is 121 Å². The van der Waals surface area contributed by atoms with Crippen LogP contribution in [0.1, 0.15) is 17.2 Å². The molecular formula is C15H16INO. The Hall–Kier alpha value is -0.910. The molecule has 0 bridgehead atoms. The van der Waals surface area contributed by atoms with Gasteiger partial charge >= 0.3 is 0 Å². The lowest BCUT2D eigenvalue weighted by molar-refractivity contribution is 0.145. The zero-order chi connectivity index (χ0) is 13.0. The van der Waals surface area contributed by atoms with Crippen LogP contribution in [-0.2, 0) is 6.42 Å². The topological polar surface area (TPSA) is 46.2 Å². The lowest BCUT2D eigenvalue weighted by Gasteiger charge is -2.19. The van der Waals surface area contributed by atoms with Gasteiger partial charge in [-0.25, -0.2) is 0 Å². The molecule has 2 aromatic carbocycles. The number of aliphatic hydroxyl groups excluding tert-OH is 1. The Morgan fingerprint density at radius 1 is 1.00 bits per heavy atom. The molecule has 2 aromatic rings. The molecule has 0 radical (unpaired) electrons. The third-order valence-corrected chi connectivity index (χ3v) is 3.68. The van der Waals surface area contributed by atoms with Crippen molar-refractivity contribution in [3.63, 3.8) is 0 Å². The summed E-state index contributed by atoms with van der Waals surface area (Å²) in [6, 6.07) is 17.5. The monoisotopic (exact) mass is 353 g/mol. The van der Waals surface area contributed by atoms with Gasteiger partial charge < -0.3 is 10.8 Å². The highest BCUT2D eigenvalue weighted by Crippen LogP contribution is 2.18. The molecule has 2 rings (SSSR count). The Kier molecular flexibility index (Phi) is 4.74. The SMILES string of the molecule is N[C@@H](c1ccc(I)cc1)[C@H](O)Cc1ccccc1. The first-order valence-corrected chi connectivity index (χ1v) is 6.98. The number of benzene rings is 2. The molecule has 0 spiro atoms. The maximum Gasteiger partial charge on any atom is 0.0773 e. The second kappa shape index (κ2) is 6.31. The van der Waals surface area contributed by atoms with E-state index in [1.54, 1.807) is 0 Å². The average Bonchev–Trinajstić information content (AvgIpc) is 2.40. The van der Waals surface area contributed by atoms with Crippen molar-refractivity contribution in [2.45, 2.75) is 18.6 Å². The third kappa shape index (κ3) is 3.54. The van der Waals surface area contributed by atoms with E-state index in [4.69, 9.17) is 5.73 Å². The molecule has 0 unspecified atom stereocenters. The largest absolute Gasteiger partial charge is 0.391 e. The van der Waals surface area contributed by atoms with Gasteiger partial charge in [-0.05, 0) is 45.9 Å². The summed E-state index contributed by atoms with van der Waals surface area (Å²) < 4.78 is 1.17. The summed E-state index contributed by atoms with van der Waals surface area (Å²) in [4.78, 5) is 0. The molecule has 0 aliphatic heterocycles. The second-order valence-electron chi connectivity index (χ2n) is 4.33. The fraction of sp³-hybridized carbons (Fsp3) is 0.200. The molecule has 3 N–H and O–H groups in total. The van der Waals surface area contributed by atoms with Crippen LogP contribution in [0.2, 0.25) is 0 Å². The van der Waals surface area contributed by atoms with E-state index in [0.29, 0.717) is 6.42 Å². The first-order valence-electron chi connectivity index (χ1n) is 5.90. The van der Waals surface area contributed by atoms with Crippen molar-refractivity contribution in [1.29, 1.82) is 0 Å². The van der Waals surface area contributed by atoms with Gasteiger partial charge in [-0.1, -0.05) is 42.5 Å². The van der Waals surface area contributed by atoms with Crippen LogP contribution in [0.3, 0.4) is 0 Å². The van der Waals surface area contributed by atoms with Crippen LogP contribution < -0.4 is 5.73 Å². The molecular weight excluding hydrogens is 337 g/mol. The van der Waals surface area contributed by atoms with E-state index in [9.17, 15) is 5.11 Å². The Morgan fingerprint density at radius 3 is 2.22 bits per heavy atom. The van der Waals surface area contributed by atoms with E-state index >= 15 is 0 Å². The van der Waals surface area contributed by atoms with E-state index < -0.39 is 6.10 Å². The van der Waals surface area contributed by atoms with Crippen molar-refractivity contribution >= 4 is 22.6 Å². The van der Waals surface area contributed by atoms with Crippen LogP contribution in [0.4, 0.5) is 0 Å². The number of aliphatic hydroxyl groups is 1. The van der Waals surface area contributed by atoms with Crippen molar-refractivity contribution in [1.82, 2.24) is 0 Å². The van der Waals surface area contributed by atoms with Gasteiger partial charge in [0.05, 0.1) is 12.1 Å². The van der Waals surface area contributed by atoms with Crippen LogP contribution >= 0.6 is 22.6 Å². The van der Waals surface area contributed by atoms with Gasteiger partial charge in [0, 0.05) is 9.99 Å². The van der Waals surface area contributed by atoms with Gasteiger partial charge in [-0.3, -0.25) is 0 Å². The zero-order valence-corrected chi connectivity index (χ0v) is 12.1. The van der Waals surface area contributed by atoms with E-state index in [1.165, 1.54) is 3.57 Å². The summed E-state index contributed by atoms with van der Waals surface area (Å²) in [6.07, 6.45) is 0.0148. The third-order valence-electron chi connectivity index (χ3n) is 2.96. The highest BCUT2D eigenvalue weighted by atomic mass is 127. The minimum atomic E-state index is -0.563. The maximum absolute atomic E-state index is 10.2. The second-order valence-corrected chi connectivity index (χ2v) is 5.58. The lowest BCUT2D eigenvalue weighted by Crippen LogP contribution is -2.28. The van der Waals surface area contributed by atoms with Crippen molar-refractivity contribution in [3.8, 4) is 0 Å². The maximum atomic E-state index is 10.2.